The number of hydrogen-bond donors (Lipinski definition) is 1. The minimum atomic E-state index is 0.581. The van der Waals surface area contributed by atoms with Gasteiger partial charge in [-0.3, -0.25) is 0 Å². The van der Waals surface area contributed by atoms with Gasteiger partial charge in [0, 0.05) is 23.7 Å². The minimum Gasteiger partial charge on any atom is -0.317 e. The normalized spacial score (nSPS) is 23.1. The van der Waals surface area contributed by atoms with Crippen molar-refractivity contribution in [3.05, 3.63) is 23.8 Å². The fraction of sp³-hybridized carbons (Fsp3) is 0.714. The fourth-order valence-electron chi connectivity index (χ4n) is 3.11. The Hall–Kier alpha value is -0.960. The van der Waals surface area contributed by atoms with Crippen LogP contribution in [0.3, 0.4) is 0 Å². The highest BCUT2D eigenvalue weighted by Crippen LogP contribution is 2.33. The zero-order valence-electron chi connectivity index (χ0n) is 10.4. The molecule has 1 N–H and O–H groups in total. The maximum atomic E-state index is 4.84. The molecular weight excluding hydrogens is 210 g/mol. The van der Waals surface area contributed by atoms with E-state index in [1.807, 2.05) is 6.20 Å². The summed E-state index contributed by atoms with van der Waals surface area (Å²) in [6, 6.07) is 2.13. The monoisotopic (exact) mass is 231 g/mol. The summed E-state index contributed by atoms with van der Waals surface area (Å²) in [6.45, 7) is 2.23. The first-order valence-electron chi connectivity index (χ1n) is 6.97. The van der Waals surface area contributed by atoms with Crippen molar-refractivity contribution in [1.82, 2.24) is 15.3 Å². The van der Waals surface area contributed by atoms with Gasteiger partial charge >= 0.3 is 0 Å². The summed E-state index contributed by atoms with van der Waals surface area (Å²) in [5, 5.41) is 3.40. The standard InChI is InChI=1S/C14H21N3/c1-2-4-11(3-1)13-7-10-16-14(17-13)12-5-8-15-9-6-12/h7,10-12,15H,1-6,8-9H2. The molecule has 0 spiro atoms. The summed E-state index contributed by atoms with van der Waals surface area (Å²) in [5.74, 6) is 2.38. The zero-order valence-corrected chi connectivity index (χ0v) is 10.4. The van der Waals surface area contributed by atoms with Crippen LogP contribution in [0.5, 0.6) is 0 Å². The van der Waals surface area contributed by atoms with Crippen LogP contribution in [-0.4, -0.2) is 23.1 Å². The van der Waals surface area contributed by atoms with Gasteiger partial charge in [-0.2, -0.15) is 0 Å². The molecule has 0 atom stereocenters. The molecule has 0 bridgehead atoms. The summed E-state index contributed by atoms with van der Waals surface area (Å²) < 4.78 is 0. The molecule has 0 unspecified atom stereocenters. The molecule has 3 nitrogen and oxygen atoms in total. The van der Waals surface area contributed by atoms with E-state index in [4.69, 9.17) is 4.98 Å². The van der Waals surface area contributed by atoms with Crippen LogP contribution in [-0.2, 0) is 0 Å². The molecule has 2 fully saturated rings. The molecule has 92 valence electrons. The zero-order chi connectivity index (χ0) is 11.5. The summed E-state index contributed by atoms with van der Waals surface area (Å²) in [5.41, 5.74) is 1.30. The fourth-order valence-corrected chi connectivity index (χ4v) is 3.11. The SMILES string of the molecule is c1cc(C2CCCC2)nc(C2CCNCC2)n1. The number of rotatable bonds is 2. The van der Waals surface area contributed by atoms with Crippen LogP contribution < -0.4 is 5.32 Å². The quantitative estimate of drug-likeness (QED) is 0.850. The number of nitrogens with zero attached hydrogens (tertiary/aromatic N) is 2. The number of hydrogen-bond acceptors (Lipinski definition) is 3. The third-order valence-electron chi connectivity index (χ3n) is 4.17. The smallest absolute Gasteiger partial charge is 0.131 e. The summed E-state index contributed by atoms with van der Waals surface area (Å²) >= 11 is 0. The lowest BCUT2D eigenvalue weighted by atomic mass is 9.96. The Labute approximate surface area is 103 Å². The molecule has 1 saturated carbocycles. The van der Waals surface area contributed by atoms with Crippen molar-refractivity contribution in [3.63, 3.8) is 0 Å². The summed E-state index contributed by atoms with van der Waals surface area (Å²) in [7, 11) is 0. The number of piperidine rings is 1. The Morgan fingerprint density at radius 2 is 1.76 bits per heavy atom. The van der Waals surface area contributed by atoms with Gasteiger partial charge in [-0.05, 0) is 44.8 Å². The van der Waals surface area contributed by atoms with E-state index in [0.29, 0.717) is 11.8 Å². The molecule has 1 saturated heterocycles. The van der Waals surface area contributed by atoms with Crippen LogP contribution >= 0.6 is 0 Å². The molecule has 1 aromatic heterocycles. The molecule has 2 aliphatic rings. The predicted molar refractivity (Wildman–Crippen MR) is 68.1 cm³/mol. The Balaban J connectivity index is 1.77. The van der Waals surface area contributed by atoms with Gasteiger partial charge in [-0.1, -0.05) is 12.8 Å². The van der Waals surface area contributed by atoms with E-state index >= 15 is 0 Å². The lowest BCUT2D eigenvalue weighted by Gasteiger charge is -2.22. The van der Waals surface area contributed by atoms with Gasteiger partial charge in [0.25, 0.3) is 0 Å². The highest BCUT2D eigenvalue weighted by Gasteiger charge is 2.22. The topological polar surface area (TPSA) is 37.8 Å². The third kappa shape index (κ3) is 2.49. The highest BCUT2D eigenvalue weighted by molar-refractivity contribution is 5.12. The minimum absolute atomic E-state index is 0.581. The van der Waals surface area contributed by atoms with Gasteiger partial charge in [0.05, 0.1) is 0 Å². The van der Waals surface area contributed by atoms with Gasteiger partial charge < -0.3 is 5.32 Å². The van der Waals surface area contributed by atoms with Gasteiger partial charge in [-0.15, -0.1) is 0 Å². The second-order valence-electron chi connectivity index (χ2n) is 5.35. The van der Waals surface area contributed by atoms with Gasteiger partial charge in [0.15, 0.2) is 0 Å². The summed E-state index contributed by atoms with van der Waals surface area (Å²) in [6.07, 6.45) is 9.74. The molecule has 3 heteroatoms. The van der Waals surface area contributed by atoms with Crippen LogP contribution in [0.25, 0.3) is 0 Å². The van der Waals surface area contributed by atoms with E-state index < -0.39 is 0 Å². The molecular formula is C14H21N3. The van der Waals surface area contributed by atoms with E-state index in [2.05, 4.69) is 16.4 Å². The first kappa shape index (κ1) is 11.1. The maximum Gasteiger partial charge on any atom is 0.131 e. The van der Waals surface area contributed by atoms with Crippen LogP contribution in [0.4, 0.5) is 0 Å². The lowest BCUT2D eigenvalue weighted by Crippen LogP contribution is -2.27. The largest absolute Gasteiger partial charge is 0.317 e. The number of nitrogens with one attached hydrogen (secondary N) is 1. The second-order valence-corrected chi connectivity index (χ2v) is 5.35. The second kappa shape index (κ2) is 5.13. The van der Waals surface area contributed by atoms with Gasteiger partial charge in [0.2, 0.25) is 0 Å². The molecule has 17 heavy (non-hydrogen) atoms. The van der Waals surface area contributed by atoms with Crippen molar-refractivity contribution in [2.24, 2.45) is 0 Å². The molecule has 3 rings (SSSR count). The molecule has 1 aromatic rings. The average Bonchev–Trinajstić information content (AvgIpc) is 2.94. The molecule has 0 aromatic carbocycles. The van der Waals surface area contributed by atoms with Crippen LogP contribution in [0, 0.1) is 0 Å². The van der Waals surface area contributed by atoms with Crippen molar-refractivity contribution in [3.8, 4) is 0 Å². The van der Waals surface area contributed by atoms with E-state index in [1.165, 1.54) is 44.2 Å². The number of aromatic nitrogens is 2. The first-order valence-corrected chi connectivity index (χ1v) is 6.97. The van der Waals surface area contributed by atoms with Crippen LogP contribution in [0.2, 0.25) is 0 Å². The maximum absolute atomic E-state index is 4.84. The Morgan fingerprint density at radius 3 is 2.53 bits per heavy atom. The summed E-state index contributed by atoms with van der Waals surface area (Å²) in [4.78, 5) is 9.34. The van der Waals surface area contributed by atoms with Crippen LogP contribution in [0.15, 0.2) is 12.3 Å². The predicted octanol–water partition coefficient (Wildman–Crippen LogP) is 2.60. The third-order valence-corrected chi connectivity index (χ3v) is 4.17. The van der Waals surface area contributed by atoms with E-state index in [1.54, 1.807) is 0 Å². The Kier molecular flexibility index (Phi) is 3.36. The molecule has 0 amide bonds. The first-order chi connectivity index (χ1) is 8.43. The highest BCUT2D eigenvalue weighted by atomic mass is 14.9. The van der Waals surface area contributed by atoms with Gasteiger partial charge in [0.1, 0.15) is 5.82 Å². The van der Waals surface area contributed by atoms with Crippen molar-refractivity contribution >= 4 is 0 Å². The van der Waals surface area contributed by atoms with E-state index in [0.717, 1.165) is 18.9 Å². The molecule has 2 heterocycles. The van der Waals surface area contributed by atoms with Crippen molar-refractivity contribution in [1.29, 1.82) is 0 Å². The molecule has 0 radical (unpaired) electrons. The average molecular weight is 231 g/mol. The Bertz CT molecular complexity index is 365. The van der Waals surface area contributed by atoms with E-state index in [-0.39, 0.29) is 0 Å². The lowest BCUT2D eigenvalue weighted by molar-refractivity contribution is 0.442. The Morgan fingerprint density at radius 1 is 1.00 bits per heavy atom. The van der Waals surface area contributed by atoms with Crippen LogP contribution in [0.1, 0.15) is 61.9 Å². The van der Waals surface area contributed by atoms with Gasteiger partial charge in [-0.25, -0.2) is 9.97 Å². The molecule has 1 aliphatic heterocycles. The molecule has 1 aliphatic carbocycles. The van der Waals surface area contributed by atoms with Crippen molar-refractivity contribution in [2.45, 2.75) is 50.4 Å². The van der Waals surface area contributed by atoms with Crippen molar-refractivity contribution in [2.75, 3.05) is 13.1 Å². The van der Waals surface area contributed by atoms with E-state index in [9.17, 15) is 0 Å². The van der Waals surface area contributed by atoms with Crippen molar-refractivity contribution < 1.29 is 0 Å².